The van der Waals surface area contributed by atoms with Gasteiger partial charge in [-0.05, 0) is 53.6 Å². The van der Waals surface area contributed by atoms with E-state index in [0.29, 0.717) is 16.8 Å². The van der Waals surface area contributed by atoms with Crippen LogP contribution in [0.15, 0.2) is 71.8 Å². The van der Waals surface area contributed by atoms with Gasteiger partial charge < -0.3 is 9.47 Å². The van der Waals surface area contributed by atoms with Crippen LogP contribution < -0.4 is 9.47 Å². The number of hydrogen-bond acceptors (Lipinski definition) is 5. The summed E-state index contributed by atoms with van der Waals surface area (Å²) in [5, 5.41) is 4.44. The molecular weight excluding hydrogens is 398 g/mol. The van der Waals surface area contributed by atoms with Crippen LogP contribution in [0.5, 0.6) is 11.5 Å². The minimum atomic E-state index is -0.0928. The van der Waals surface area contributed by atoms with Crippen molar-refractivity contribution < 1.29 is 14.3 Å². The maximum absolute atomic E-state index is 13.5. The Hall–Kier alpha value is -3.80. The van der Waals surface area contributed by atoms with E-state index in [0.717, 1.165) is 32.0 Å². The Morgan fingerprint density at radius 1 is 0.933 bits per heavy atom. The molecule has 0 N–H and O–H groups in total. The highest BCUT2D eigenvalue weighted by Gasteiger charge is 2.22. The third kappa shape index (κ3) is 3.59. The van der Waals surface area contributed by atoms with E-state index in [1.165, 1.54) is 0 Å². The molecule has 0 unspecified atom stereocenters. The third-order valence-corrected chi connectivity index (χ3v) is 5.97. The molecule has 0 saturated carbocycles. The molecule has 3 aromatic carbocycles. The van der Waals surface area contributed by atoms with Gasteiger partial charge in [-0.25, -0.2) is 0 Å². The normalized spacial score (nSPS) is 10.5. The van der Waals surface area contributed by atoms with E-state index in [2.05, 4.69) is 10.0 Å². The summed E-state index contributed by atoms with van der Waals surface area (Å²) in [5.41, 5.74) is 11.1. The Morgan fingerprint density at radius 2 is 1.60 bits per heavy atom. The monoisotopic (exact) mass is 415 g/mol. The van der Waals surface area contributed by atoms with Crippen LogP contribution in [-0.4, -0.2) is 20.0 Å². The number of thiophene rings is 1. The largest absolute Gasteiger partial charge is 0.497 e. The predicted octanol–water partition coefficient (Wildman–Crippen LogP) is 6.76. The topological polar surface area (TPSA) is 84.3 Å². The van der Waals surface area contributed by atoms with Gasteiger partial charge in [0.2, 0.25) is 0 Å². The van der Waals surface area contributed by atoms with Crippen LogP contribution in [0.2, 0.25) is 0 Å². The van der Waals surface area contributed by atoms with Crippen LogP contribution in [0.1, 0.15) is 15.9 Å². The smallest absolute Gasteiger partial charge is 0.195 e. The second-order valence-electron chi connectivity index (χ2n) is 6.46. The number of fused-ring (bicyclic) bond motifs is 1. The Morgan fingerprint density at radius 3 is 2.23 bits per heavy atom. The molecule has 0 aliphatic rings. The Kier molecular flexibility index (Phi) is 5.39. The minimum absolute atomic E-state index is 0.0928. The number of ether oxygens (including phenoxy) is 2. The van der Waals surface area contributed by atoms with E-state index >= 15 is 0 Å². The lowest BCUT2D eigenvalue weighted by Gasteiger charge is -2.07. The molecule has 0 saturated heterocycles. The van der Waals surface area contributed by atoms with E-state index in [1.54, 1.807) is 49.8 Å². The highest BCUT2D eigenvalue weighted by atomic mass is 32.1. The molecule has 0 spiro atoms. The molecule has 1 aromatic heterocycles. The lowest BCUT2D eigenvalue weighted by molar-refractivity contribution is 0.104. The summed E-state index contributed by atoms with van der Waals surface area (Å²) in [6.07, 6.45) is 0. The van der Waals surface area contributed by atoms with Crippen molar-refractivity contribution in [3.8, 4) is 21.9 Å². The summed E-state index contributed by atoms with van der Waals surface area (Å²) >= 11 is 1.55. The van der Waals surface area contributed by atoms with Crippen LogP contribution in [0.3, 0.4) is 0 Å². The summed E-state index contributed by atoms with van der Waals surface area (Å²) in [7, 11) is 3.24. The fraction of sp³-hybridized carbons (Fsp3) is 0.0870. The highest BCUT2D eigenvalue weighted by molar-refractivity contribution is 7.22. The SMILES string of the molecule is COc1ccc(-c2sc3cc(OC)ccc3c2C(=O)c2ccc(N=[N+]=[N-])cc2)cc1. The number of nitrogens with zero attached hydrogens (tertiary/aromatic N) is 3. The fourth-order valence-electron chi connectivity index (χ4n) is 3.25. The van der Waals surface area contributed by atoms with E-state index in [1.807, 2.05) is 42.5 Å². The number of carbonyl (C=O) groups excluding carboxylic acids is 1. The summed E-state index contributed by atoms with van der Waals surface area (Å²) in [6, 6.07) is 20.0. The quantitative estimate of drug-likeness (QED) is 0.151. The molecule has 0 aliphatic carbocycles. The Balaban J connectivity index is 1.89. The molecule has 0 radical (unpaired) electrons. The van der Waals surface area contributed by atoms with Crippen molar-refractivity contribution in [3.05, 3.63) is 88.3 Å². The van der Waals surface area contributed by atoms with Gasteiger partial charge in [-0.2, -0.15) is 0 Å². The van der Waals surface area contributed by atoms with E-state index in [9.17, 15) is 4.79 Å². The Labute approximate surface area is 176 Å². The first-order valence-corrected chi connectivity index (χ1v) is 9.91. The van der Waals surface area contributed by atoms with Crippen LogP contribution in [-0.2, 0) is 0 Å². The van der Waals surface area contributed by atoms with Crippen molar-refractivity contribution in [3.63, 3.8) is 0 Å². The van der Waals surface area contributed by atoms with Crippen molar-refractivity contribution in [2.24, 2.45) is 5.11 Å². The summed E-state index contributed by atoms with van der Waals surface area (Å²) in [6.45, 7) is 0. The standard InChI is InChI=1S/C23H17N3O3S/c1-28-17-9-5-15(6-10-17)23-21(19-12-11-18(29-2)13-20(19)30-23)22(27)14-3-7-16(8-4-14)25-26-24/h3-13H,1-2H3. The number of benzene rings is 3. The van der Waals surface area contributed by atoms with Gasteiger partial charge >= 0.3 is 0 Å². The average Bonchev–Trinajstić information content (AvgIpc) is 3.18. The second-order valence-corrected chi connectivity index (χ2v) is 7.51. The molecule has 7 heteroatoms. The number of azide groups is 1. The predicted molar refractivity (Wildman–Crippen MR) is 119 cm³/mol. The summed E-state index contributed by atoms with van der Waals surface area (Å²) in [5.74, 6) is 1.40. The molecule has 0 atom stereocenters. The molecule has 148 valence electrons. The minimum Gasteiger partial charge on any atom is -0.497 e. The first-order chi connectivity index (χ1) is 14.6. The number of rotatable bonds is 6. The maximum Gasteiger partial charge on any atom is 0.195 e. The van der Waals surface area contributed by atoms with Crippen molar-refractivity contribution in [2.75, 3.05) is 14.2 Å². The fourth-order valence-corrected chi connectivity index (χ4v) is 4.48. The van der Waals surface area contributed by atoms with Gasteiger partial charge in [-0.1, -0.05) is 29.4 Å². The van der Waals surface area contributed by atoms with Gasteiger partial charge in [0.15, 0.2) is 5.78 Å². The number of hydrogen-bond donors (Lipinski definition) is 0. The molecule has 0 amide bonds. The zero-order chi connectivity index (χ0) is 21.1. The van der Waals surface area contributed by atoms with Gasteiger partial charge in [0.05, 0.1) is 14.2 Å². The van der Waals surface area contributed by atoms with Gasteiger partial charge in [0.1, 0.15) is 11.5 Å². The van der Waals surface area contributed by atoms with Crippen molar-refractivity contribution in [1.29, 1.82) is 0 Å². The first-order valence-electron chi connectivity index (χ1n) is 9.09. The summed E-state index contributed by atoms with van der Waals surface area (Å²) in [4.78, 5) is 17.2. The van der Waals surface area contributed by atoms with E-state index in [4.69, 9.17) is 15.0 Å². The molecule has 1 heterocycles. The van der Waals surface area contributed by atoms with Crippen LogP contribution >= 0.6 is 11.3 Å². The van der Waals surface area contributed by atoms with Crippen LogP contribution in [0, 0.1) is 0 Å². The molecule has 4 rings (SSSR count). The van der Waals surface area contributed by atoms with Crippen molar-refractivity contribution >= 4 is 32.9 Å². The van der Waals surface area contributed by atoms with Crippen molar-refractivity contribution in [2.45, 2.75) is 0 Å². The molecule has 0 bridgehead atoms. The average molecular weight is 415 g/mol. The molecular formula is C23H17N3O3S. The highest BCUT2D eigenvalue weighted by Crippen LogP contribution is 2.41. The number of methoxy groups -OCH3 is 2. The number of carbonyl (C=O) groups is 1. The maximum atomic E-state index is 13.5. The molecule has 30 heavy (non-hydrogen) atoms. The molecule has 0 fully saturated rings. The van der Waals surface area contributed by atoms with Crippen LogP contribution in [0.4, 0.5) is 5.69 Å². The van der Waals surface area contributed by atoms with Crippen molar-refractivity contribution in [1.82, 2.24) is 0 Å². The van der Waals surface area contributed by atoms with Gasteiger partial charge in [-0.3, -0.25) is 4.79 Å². The van der Waals surface area contributed by atoms with Gasteiger partial charge in [0.25, 0.3) is 0 Å². The second kappa shape index (κ2) is 8.29. The molecule has 4 aromatic rings. The zero-order valence-electron chi connectivity index (χ0n) is 16.3. The van der Waals surface area contributed by atoms with Gasteiger partial charge in [-0.15, -0.1) is 11.3 Å². The zero-order valence-corrected chi connectivity index (χ0v) is 17.1. The molecule has 0 aliphatic heterocycles. The lowest BCUT2D eigenvalue weighted by atomic mass is 9.97. The van der Waals surface area contributed by atoms with Gasteiger partial charge in [0, 0.05) is 36.7 Å². The van der Waals surface area contributed by atoms with E-state index in [-0.39, 0.29) is 5.78 Å². The lowest BCUT2D eigenvalue weighted by Crippen LogP contribution is -2.02. The third-order valence-electron chi connectivity index (χ3n) is 4.77. The van der Waals surface area contributed by atoms with Crippen LogP contribution in [0.25, 0.3) is 31.0 Å². The van der Waals surface area contributed by atoms with E-state index < -0.39 is 0 Å². The number of ketones is 1. The molecule has 6 nitrogen and oxygen atoms in total. The first kappa shape index (κ1) is 19.5. The summed E-state index contributed by atoms with van der Waals surface area (Å²) < 4.78 is 11.6. The Bertz CT molecular complexity index is 1270.